The minimum atomic E-state index is -0.725. The Morgan fingerprint density at radius 1 is 0.356 bits per heavy atom. The van der Waals surface area contributed by atoms with Crippen LogP contribution in [-0.2, 0) is 29.3 Å². The van der Waals surface area contributed by atoms with Crippen molar-refractivity contribution >= 4 is 0 Å². The highest BCUT2D eigenvalue weighted by Gasteiger charge is 2.37. The quantitative estimate of drug-likeness (QED) is 0.0599. The van der Waals surface area contributed by atoms with Gasteiger partial charge in [0.1, 0.15) is 5.60 Å². The molecule has 0 radical (unpaired) electrons. The summed E-state index contributed by atoms with van der Waals surface area (Å²) in [5.41, 5.74) is 2.54. The van der Waals surface area contributed by atoms with E-state index < -0.39 is 5.60 Å². The molecule has 0 aliphatic rings. The van der Waals surface area contributed by atoms with E-state index in [1.807, 2.05) is 18.2 Å². The molecular formula is C40H58O5. The van der Waals surface area contributed by atoms with Gasteiger partial charge in [0.2, 0.25) is 0 Å². The summed E-state index contributed by atoms with van der Waals surface area (Å²) in [6, 6.07) is 31.2. The molecule has 0 fully saturated rings. The number of rotatable bonds is 28. The lowest BCUT2D eigenvalue weighted by Crippen LogP contribution is -2.34. The summed E-state index contributed by atoms with van der Waals surface area (Å²) in [5, 5.41) is 0. The number of ether oxygens (including phenoxy) is 5. The molecule has 0 aliphatic heterocycles. The van der Waals surface area contributed by atoms with Crippen molar-refractivity contribution in [2.45, 2.75) is 83.2 Å². The molecule has 0 saturated carbocycles. The van der Waals surface area contributed by atoms with E-state index in [4.69, 9.17) is 23.7 Å². The highest BCUT2D eigenvalue weighted by atomic mass is 16.6. The van der Waals surface area contributed by atoms with E-state index in [9.17, 15) is 0 Å². The maximum Gasteiger partial charge on any atom is 0.143 e. The van der Waals surface area contributed by atoms with Crippen molar-refractivity contribution in [2.24, 2.45) is 0 Å². The third-order valence-corrected chi connectivity index (χ3v) is 8.10. The van der Waals surface area contributed by atoms with Crippen LogP contribution in [0.25, 0.3) is 0 Å². The Morgan fingerprint density at radius 3 is 1.04 bits per heavy atom. The Bertz CT molecular complexity index is 963. The molecule has 248 valence electrons. The maximum absolute atomic E-state index is 6.74. The zero-order chi connectivity index (χ0) is 31.5. The van der Waals surface area contributed by atoms with Crippen LogP contribution in [-0.4, -0.2) is 59.5 Å². The molecule has 0 N–H and O–H groups in total. The smallest absolute Gasteiger partial charge is 0.143 e. The highest BCUT2D eigenvalue weighted by molar-refractivity contribution is 5.47. The first kappa shape index (κ1) is 36.9. The molecule has 0 aromatic heterocycles. The van der Waals surface area contributed by atoms with Gasteiger partial charge in [-0.2, -0.15) is 0 Å². The van der Waals surface area contributed by atoms with Crippen molar-refractivity contribution in [3.63, 3.8) is 0 Å². The molecule has 45 heavy (non-hydrogen) atoms. The van der Waals surface area contributed by atoms with E-state index in [0.717, 1.165) is 29.7 Å². The lowest BCUT2D eigenvalue weighted by molar-refractivity contribution is -0.0384. The van der Waals surface area contributed by atoms with Gasteiger partial charge in [0.15, 0.2) is 0 Å². The lowest BCUT2D eigenvalue weighted by atomic mass is 9.80. The van der Waals surface area contributed by atoms with Crippen LogP contribution in [0, 0.1) is 0 Å². The summed E-state index contributed by atoms with van der Waals surface area (Å²) in [6.45, 7) is 7.46. The number of unbranched alkanes of at least 4 members (excludes halogenated alkanes) is 10. The zero-order valence-electron chi connectivity index (χ0n) is 27.8. The molecule has 0 bridgehead atoms. The van der Waals surface area contributed by atoms with E-state index in [-0.39, 0.29) is 0 Å². The normalized spacial score (nSPS) is 11.7. The van der Waals surface area contributed by atoms with Gasteiger partial charge in [-0.1, -0.05) is 162 Å². The summed E-state index contributed by atoms with van der Waals surface area (Å²) >= 11 is 0. The van der Waals surface area contributed by atoms with Crippen molar-refractivity contribution in [3.05, 3.63) is 108 Å². The van der Waals surface area contributed by atoms with Crippen molar-refractivity contribution in [2.75, 3.05) is 59.5 Å². The van der Waals surface area contributed by atoms with Gasteiger partial charge >= 0.3 is 0 Å². The second-order valence-electron chi connectivity index (χ2n) is 11.6. The van der Waals surface area contributed by atoms with Crippen LogP contribution in [0.1, 0.15) is 94.2 Å². The van der Waals surface area contributed by atoms with E-state index in [1.54, 1.807) is 0 Å². The maximum atomic E-state index is 6.74. The molecule has 0 unspecified atom stereocenters. The Kier molecular flexibility index (Phi) is 20.2. The fourth-order valence-corrected chi connectivity index (χ4v) is 5.65. The molecule has 5 nitrogen and oxygen atoms in total. The van der Waals surface area contributed by atoms with Crippen LogP contribution >= 0.6 is 0 Å². The molecule has 3 aromatic rings. The highest BCUT2D eigenvalue weighted by Crippen LogP contribution is 2.40. The van der Waals surface area contributed by atoms with Gasteiger partial charge in [0.05, 0.1) is 52.9 Å². The molecule has 0 amide bonds. The van der Waals surface area contributed by atoms with Crippen molar-refractivity contribution < 1.29 is 23.7 Å². The van der Waals surface area contributed by atoms with Crippen LogP contribution in [0.15, 0.2) is 91.0 Å². The summed E-state index contributed by atoms with van der Waals surface area (Å²) in [4.78, 5) is 0. The summed E-state index contributed by atoms with van der Waals surface area (Å²) < 4.78 is 29.6. The van der Waals surface area contributed by atoms with E-state index in [2.05, 4.69) is 79.7 Å². The molecule has 0 heterocycles. The molecule has 5 heteroatoms. The Balaban J connectivity index is 1.19. The lowest BCUT2D eigenvalue weighted by Gasteiger charge is -2.36. The second-order valence-corrected chi connectivity index (χ2v) is 11.6. The Morgan fingerprint density at radius 2 is 0.667 bits per heavy atom. The monoisotopic (exact) mass is 618 g/mol. The topological polar surface area (TPSA) is 46.2 Å². The number of hydrogen-bond acceptors (Lipinski definition) is 5. The summed E-state index contributed by atoms with van der Waals surface area (Å²) in [6.07, 6.45) is 14.9. The van der Waals surface area contributed by atoms with Crippen LogP contribution in [0.4, 0.5) is 0 Å². The summed E-state index contributed by atoms with van der Waals surface area (Å²) in [5.74, 6) is 0. The third-order valence-electron chi connectivity index (χ3n) is 8.10. The van der Waals surface area contributed by atoms with Gasteiger partial charge < -0.3 is 23.7 Å². The predicted octanol–water partition coefficient (Wildman–Crippen LogP) is 9.37. The van der Waals surface area contributed by atoms with Crippen LogP contribution < -0.4 is 0 Å². The van der Waals surface area contributed by atoms with Crippen LogP contribution in [0.2, 0.25) is 0 Å². The van der Waals surface area contributed by atoms with Gasteiger partial charge in [-0.15, -0.1) is 0 Å². The largest absolute Gasteiger partial charge is 0.379 e. The number of benzene rings is 3. The standard InChI is InChI=1S/C40H58O5/c1-2-3-4-5-6-7-8-9-10-11-21-28-41-29-30-42-31-32-43-33-34-44-35-36-45-40(37-22-15-12-16-23-37,38-24-17-13-18-25-38)39-26-19-14-20-27-39/h12-20,22-27H,2-11,21,28-36H2,1H3. The minimum Gasteiger partial charge on any atom is -0.379 e. The molecule has 0 aliphatic carbocycles. The Hall–Kier alpha value is -2.54. The molecule has 0 saturated heterocycles. The van der Waals surface area contributed by atoms with Gasteiger partial charge in [-0.25, -0.2) is 0 Å². The first-order valence-electron chi connectivity index (χ1n) is 17.5. The van der Waals surface area contributed by atoms with Gasteiger partial charge in [0.25, 0.3) is 0 Å². The molecule has 3 aromatic carbocycles. The molecule has 3 rings (SSSR count). The average Bonchev–Trinajstić information content (AvgIpc) is 3.09. The van der Waals surface area contributed by atoms with E-state index in [1.165, 1.54) is 64.2 Å². The molecule has 0 atom stereocenters. The zero-order valence-corrected chi connectivity index (χ0v) is 27.8. The summed E-state index contributed by atoms with van der Waals surface area (Å²) in [7, 11) is 0. The SMILES string of the molecule is CCCCCCCCCCCCCOCCOCCOCCOCCOC(c1ccccc1)(c1ccccc1)c1ccccc1. The fraction of sp³-hybridized carbons (Fsp3) is 0.550. The molecule has 0 spiro atoms. The van der Waals surface area contributed by atoms with Crippen LogP contribution in [0.5, 0.6) is 0 Å². The van der Waals surface area contributed by atoms with Crippen LogP contribution in [0.3, 0.4) is 0 Å². The average molecular weight is 619 g/mol. The minimum absolute atomic E-state index is 0.445. The van der Waals surface area contributed by atoms with E-state index in [0.29, 0.717) is 52.9 Å². The van der Waals surface area contributed by atoms with Crippen molar-refractivity contribution in [1.29, 1.82) is 0 Å². The second kappa shape index (κ2) is 24.7. The first-order valence-corrected chi connectivity index (χ1v) is 17.5. The van der Waals surface area contributed by atoms with Gasteiger partial charge in [-0.3, -0.25) is 0 Å². The van der Waals surface area contributed by atoms with Gasteiger partial charge in [-0.05, 0) is 23.1 Å². The van der Waals surface area contributed by atoms with E-state index >= 15 is 0 Å². The predicted molar refractivity (Wildman–Crippen MR) is 185 cm³/mol. The van der Waals surface area contributed by atoms with Crippen molar-refractivity contribution in [3.8, 4) is 0 Å². The fourth-order valence-electron chi connectivity index (χ4n) is 5.65. The van der Waals surface area contributed by atoms with Crippen molar-refractivity contribution in [1.82, 2.24) is 0 Å². The molecular weight excluding hydrogens is 560 g/mol. The Labute approximate surface area is 273 Å². The first-order chi connectivity index (χ1) is 22.4. The third kappa shape index (κ3) is 14.6. The van der Waals surface area contributed by atoms with Gasteiger partial charge in [0, 0.05) is 6.61 Å². The number of hydrogen-bond donors (Lipinski definition) is 0.